The van der Waals surface area contributed by atoms with Crippen molar-refractivity contribution in [2.24, 2.45) is 11.5 Å². The molecule has 0 aliphatic carbocycles. The predicted molar refractivity (Wildman–Crippen MR) is 54.0 cm³/mol. The summed E-state index contributed by atoms with van der Waals surface area (Å²) in [4.78, 5) is 0. The molecule has 0 heterocycles. The zero-order chi connectivity index (χ0) is 9.68. The molecule has 13 heavy (non-hydrogen) atoms. The average Bonchev–Trinajstić information content (AvgIpc) is 2.18. The molecule has 0 saturated carbocycles. The number of hydrogen-bond acceptors (Lipinski definition) is 3. The van der Waals surface area contributed by atoms with Crippen LogP contribution in [-0.2, 0) is 0 Å². The van der Waals surface area contributed by atoms with Crippen molar-refractivity contribution in [2.45, 2.75) is 6.92 Å². The molecule has 0 fully saturated rings. The highest BCUT2D eigenvalue weighted by molar-refractivity contribution is 5.67. The molecule has 3 nitrogen and oxygen atoms in total. The van der Waals surface area contributed by atoms with Gasteiger partial charge in [-0.05, 0) is 19.1 Å². The lowest BCUT2D eigenvalue weighted by molar-refractivity contribution is 0.339. The van der Waals surface area contributed by atoms with Gasteiger partial charge in [0.15, 0.2) is 0 Å². The van der Waals surface area contributed by atoms with Gasteiger partial charge in [-0.1, -0.05) is 12.1 Å². The van der Waals surface area contributed by atoms with Gasteiger partial charge in [-0.15, -0.1) is 0 Å². The topological polar surface area (TPSA) is 61.3 Å². The van der Waals surface area contributed by atoms with E-state index in [1.807, 2.05) is 31.2 Å². The van der Waals surface area contributed by atoms with Gasteiger partial charge in [0.25, 0.3) is 0 Å². The molecule has 70 valence electrons. The standard InChI is InChI=1S/C10H14N2O/c1-2-13-10-6-4-3-5-8(10)9(12)7-11/h3-7H,2,11-12H2,1H3/b9-7-. The van der Waals surface area contributed by atoms with E-state index in [0.29, 0.717) is 12.3 Å². The summed E-state index contributed by atoms with van der Waals surface area (Å²) in [6, 6.07) is 7.55. The van der Waals surface area contributed by atoms with Gasteiger partial charge in [0.05, 0.1) is 12.3 Å². The smallest absolute Gasteiger partial charge is 0.128 e. The van der Waals surface area contributed by atoms with Crippen LogP contribution in [0.2, 0.25) is 0 Å². The molecule has 0 amide bonds. The minimum atomic E-state index is 0.532. The fourth-order valence-electron chi connectivity index (χ4n) is 1.08. The first-order valence-corrected chi connectivity index (χ1v) is 4.19. The summed E-state index contributed by atoms with van der Waals surface area (Å²) in [7, 11) is 0. The van der Waals surface area contributed by atoms with E-state index in [0.717, 1.165) is 11.3 Å². The molecular weight excluding hydrogens is 164 g/mol. The van der Waals surface area contributed by atoms with E-state index >= 15 is 0 Å². The first-order valence-electron chi connectivity index (χ1n) is 4.19. The summed E-state index contributed by atoms with van der Waals surface area (Å²) in [5.41, 5.74) is 12.4. The van der Waals surface area contributed by atoms with Crippen LogP contribution in [-0.4, -0.2) is 6.61 Å². The van der Waals surface area contributed by atoms with Crippen molar-refractivity contribution in [3.8, 4) is 5.75 Å². The van der Waals surface area contributed by atoms with Crippen LogP contribution in [0.4, 0.5) is 0 Å². The highest BCUT2D eigenvalue weighted by atomic mass is 16.5. The van der Waals surface area contributed by atoms with Crippen molar-refractivity contribution in [3.63, 3.8) is 0 Å². The Kier molecular flexibility index (Phi) is 3.20. The van der Waals surface area contributed by atoms with E-state index in [1.54, 1.807) is 0 Å². The zero-order valence-electron chi connectivity index (χ0n) is 7.66. The number of ether oxygens (including phenoxy) is 1. The highest BCUT2D eigenvalue weighted by Crippen LogP contribution is 2.21. The third-order valence-electron chi connectivity index (χ3n) is 1.68. The van der Waals surface area contributed by atoms with Crippen molar-refractivity contribution in [1.82, 2.24) is 0 Å². The minimum Gasteiger partial charge on any atom is -0.493 e. The third-order valence-corrected chi connectivity index (χ3v) is 1.68. The summed E-state index contributed by atoms with van der Waals surface area (Å²) in [5, 5.41) is 0. The van der Waals surface area contributed by atoms with E-state index in [4.69, 9.17) is 16.2 Å². The second-order valence-corrected chi connectivity index (χ2v) is 2.55. The van der Waals surface area contributed by atoms with E-state index < -0.39 is 0 Å². The highest BCUT2D eigenvalue weighted by Gasteiger charge is 2.03. The Morgan fingerprint density at radius 1 is 1.46 bits per heavy atom. The molecule has 0 saturated heterocycles. The monoisotopic (exact) mass is 178 g/mol. The van der Waals surface area contributed by atoms with Crippen LogP contribution in [0, 0.1) is 0 Å². The normalized spacial score (nSPS) is 11.3. The van der Waals surface area contributed by atoms with Crippen LogP contribution in [0.3, 0.4) is 0 Å². The Labute approximate surface area is 78.0 Å². The lowest BCUT2D eigenvalue weighted by atomic mass is 10.1. The summed E-state index contributed by atoms with van der Waals surface area (Å²) in [6.45, 7) is 2.55. The molecule has 0 spiro atoms. The van der Waals surface area contributed by atoms with E-state index in [1.165, 1.54) is 6.20 Å². The second kappa shape index (κ2) is 4.40. The SMILES string of the molecule is CCOc1ccccc1/C(N)=C/N. The quantitative estimate of drug-likeness (QED) is 0.733. The van der Waals surface area contributed by atoms with Gasteiger partial charge in [-0.25, -0.2) is 0 Å². The maximum Gasteiger partial charge on any atom is 0.128 e. The fourth-order valence-corrected chi connectivity index (χ4v) is 1.08. The maximum absolute atomic E-state index is 5.68. The molecule has 1 aromatic carbocycles. The first kappa shape index (κ1) is 9.45. The maximum atomic E-state index is 5.68. The van der Waals surface area contributed by atoms with Crippen molar-refractivity contribution in [2.75, 3.05) is 6.61 Å². The van der Waals surface area contributed by atoms with Gasteiger partial charge in [-0.3, -0.25) is 0 Å². The van der Waals surface area contributed by atoms with Gasteiger partial charge < -0.3 is 16.2 Å². The summed E-state index contributed by atoms with van der Waals surface area (Å²) in [6.07, 6.45) is 1.37. The largest absolute Gasteiger partial charge is 0.493 e. The van der Waals surface area contributed by atoms with Gasteiger partial charge in [0, 0.05) is 11.8 Å². The molecule has 4 N–H and O–H groups in total. The Morgan fingerprint density at radius 2 is 2.15 bits per heavy atom. The van der Waals surface area contributed by atoms with Crippen LogP contribution < -0.4 is 16.2 Å². The number of nitrogens with two attached hydrogens (primary N) is 2. The average molecular weight is 178 g/mol. The lowest BCUT2D eigenvalue weighted by Crippen LogP contribution is -2.03. The van der Waals surface area contributed by atoms with Crippen LogP contribution in [0.5, 0.6) is 5.75 Å². The molecule has 0 radical (unpaired) electrons. The van der Waals surface area contributed by atoms with Crippen LogP contribution in [0.1, 0.15) is 12.5 Å². The molecule has 3 heteroatoms. The molecule has 1 aromatic rings. The summed E-state index contributed by atoms with van der Waals surface area (Å²) < 4.78 is 5.38. The van der Waals surface area contributed by atoms with E-state index in [-0.39, 0.29) is 0 Å². The number of para-hydroxylation sites is 1. The van der Waals surface area contributed by atoms with Crippen LogP contribution >= 0.6 is 0 Å². The summed E-state index contributed by atoms with van der Waals surface area (Å²) >= 11 is 0. The molecule has 0 aliphatic rings. The Bertz CT molecular complexity index is 308. The predicted octanol–water partition coefficient (Wildman–Crippen LogP) is 1.30. The zero-order valence-corrected chi connectivity index (χ0v) is 7.66. The van der Waals surface area contributed by atoms with Crippen LogP contribution in [0.15, 0.2) is 30.5 Å². The molecule has 0 atom stereocenters. The number of hydrogen-bond donors (Lipinski definition) is 2. The molecule has 0 bridgehead atoms. The van der Waals surface area contributed by atoms with Crippen molar-refractivity contribution in [1.29, 1.82) is 0 Å². The van der Waals surface area contributed by atoms with Gasteiger partial charge in [0.2, 0.25) is 0 Å². The van der Waals surface area contributed by atoms with Gasteiger partial charge in [0.1, 0.15) is 5.75 Å². The van der Waals surface area contributed by atoms with Crippen molar-refractivity contribution < 1.29 is 4.74 Å². The Morgan fingerprint density at radius 3 is 2.77 bits per heavy atom. The van der Waals surface area contributed by atoms with Crippen molar-refractivity contribution in [3.05, 3.63) is 36.0 Å². The van der Waals surface area contributed by atoms with Crippen molar-refractivity contribution >= 4 is 5.70 Å². The van der Waals surface area contributed by atoms with Gasteiger partial charge >= 0.3 is 0 Å². The van der Waals surface area contributed by atoms with E-state index in [2.05, 4.69) is 0 Å². The molecule has 0 aliphatic heterocycles. The molecular formula is C10H14N2O. The summed E-state index contributed by atoms with van der Waals surface area (Å²) in [5.74, 6) is 0.768. The Balaban J connectivity index is 3.04. The Hall–Kier alpha value is -1.64. The third kappa shape index (κ3) is 2.15. The van der Waals surface area contributed by atoms with Gasteiger partial charge in [-0.2, -0.15) is 0 Å². The molecule has 0 unspecified atom stereocenters. The first-order chi connectivity index (χ1) is 6.29. The molecule has 1 rings (SSSR count). The van der Waals surface area contributed by atoms with E-state index in [9.17, 15) is 0 Å². The molecule has 0 aromatic heterocycles. The fraction of sp³-hybridized carbons (Fsp3) is 0.200. The minimum absolute atomic E-state index is 0.532. The number of benzene rings is 1. The lowest BCUT2D eigenvalue weighted by Gasteiger charge is -2.09. The number of rotatable bonds is 3. The van der Waals surface area contributed by atoms with Crippen LogP contribution in [0.25, 0.3) is 5.70 Å². The second-order valence-electron chi connectivity index (χ2n) is 2.55.